The topological polar surface area (TPSA) is 86.7 Å². The predicted molar refractivity (Wildman–Crippen MR) is 92.1 cm³/mol. The van der Waals surface area contributed by atoms with Gasteiger partial charge in [0.05, 0.1) is 23.6 Å². The lowest BCUT2D eigenvalue weighted by Gasteiger charge is -2.15. The van der Waals surface area contributed by atoms with Gasteiger partial charge in [0.25, 0.3) is 0 Å². The minimum atomic E-state index is -0.712. The normalized spacial score (nSPS) is 13.1. The highest BCUT2D eigenvalue weighted by atomic mass is 16.5. The summed E-state index contributed by atoms with van der Waals surface area (Å²) in [7, 11) is 1.42. The molecule has 0 amide bonds. The summed E-state index contributed by atoms with van der Waals surface area (Å²) in [6.45, 7) is 0. The third kappa shape index (κ3) is 1.68. The molecule has 0 atom stereocenters. The van der Waals surface area contributed by atoms with Gasteiger partial charge in [0, 0.05) is 5.56 Å². The van der Waals surface area contributed by atoms with Crippen LogP contribution in [0.15, 0.2) is 56.1 Å². The number of methoxy groups -OCH3 is 1. The summed E-state index contributed by atoms with van der Waals surface area (Å²) < 4.78 is 16.3. The fraction of sp³-hybridized carbons (Fsp3) is 0.0500. The monoisotopic (exact) mass is 346 g/mol. The maximum Gasteiger partial charge on any atom is 0.348 e. The van der Waals surface area contributed by atoms with Gasteiger partial charge in [0.2, 0.25) is 5.78 Å². The van der Waals surface area contributed by atoms with E-state index in [1.165, 1.54) is 13.2 Å². The van der Waals surface area contributed by atoms with Gasteiger partial charge in [-0.25, -0.2) is 4.79 Å². The number of ketones is 2. The van der Waals surface area contributed by atoms with E-state index in [4.69, 9.17) is 13.6 Å². The molecule has 2 heterocycles. The first kappa shape index (κ1) is 14.7. The number of hydrogen-bond donors (Lipinski definition) is 0. The molecule has 0 radical (unpaired) electrons. The van der Waals surface area contributed by atoms with Crippen LogP contribution in [0.4, 0.5) is 0 Å². The van der Waals surface area contributed by atoms with Gasteiger partial charge in [-0.3, -0.25) is 9.59 Å². The van der Waals surface area contributed by atoms with Crippen molar-refractivity contribution in [2.75, 3.05) is 7.11 Å². The van der Waals surface area contributed by atoms with Crippen molar-refractivity contribution < 1.29 is 23.2 Å². The van der Waals surface area contributed by atoms with Crippen LogP contribution < -0.4 is 10.4 Å². The highest BCUT2D eigenvalue weighted by Gasteiger charge is 2.38. The van der Waals surface area contributed by atoms with Crippen molar-refractivity contribution in [3.8, 4) is 5.75 Å². The van der Waals surface area contributed by atoms with Crippen molar-refractivity contribution in [2.45, 2.75) is 0 Å². The molecule has 0 saturated heterocycles. The van der Waals surface area contributed by atoms with Gasteiger partial charge in [-0.2, -0.15) is 0 Å². The highest BCUT2D eigenvalue weighted by molar-refractivity contribution is 6.32. The van der Waals surface area contributed by atoms with Crippen LogP contribution in [0.25, 0.3) is 21.9 Å². The van der Waals surface area contributed by atoms with Crippen molar-refractivity contribution >= 4 is 33.5 Å². The lowest BCUT2D eigenvalue weighted by Crippen LogP contribution is -2.21. The fourth-order valence-electron chi connectivity index (χ4n) is 3.46. The van der Waals surface area contributed by atoms with Crippen LogP contribution in [0.1, 0.15) is 32.0 Å². The lowest BCUT2D eigenvalue weighted by atomic mass is 9.87. The van der Waals surface area contributed by atoms with Crippen molar-refractivity contribution in [1.29, 1.82) is 0 Å². The van der Waals surface area contributed by atoms with Gasteiger partial charge in [0.1, 0.15) is 16.7 Å². The molecule has 2 aromatic carbocycles. The first-order valence-corrected chi connectivity index (χ1v) is 7.86. The summed E-state index contributed by atoms with van der Waals surface area (Å²) in [6, 6.07) is 11.6. The first-order chi connectivity index (χ1) is 12.6. The van der Waals surface area contributed by atoms with Crippen LogP contribution in [0.3, 0.4) is 0 Å². The van der Waals surface area contributed by atoms with Crippen molar-refractivity contribution in [1.82, 2.24) is 0 Å². The molecule has 0 N–H and O–H groups in total. The van der Waals surface area contributed by atoms with Crippen LogP contribution in [0, 0.1) is 0 Å². The molecule has 5 rings (SSSR count). The summed E-state index contributed by atoms with van der Waals surface area (Å²) in [5.41, 5.74) is 0.0558. The molecule has 1 aliphatic rings. The standard InChI is InChI=1S/C20H10O6/c1-24-12-8-4-6-10-13(12)17(22)19-14(16(10)21)15-18(26-19)9-5-2-3-7-11(9)25-20(15)23/h2-8H,1H3. The Hall–Kier alpha value is -3.67. The Labute approximate surface area is 145 Å². The van der Waals surface area contributed by atoms with Crippen LogP contribution in [-0.4, -0.2) is 18.7 Å². The smallest absolute Gasteiger partial charge is 0.348 e. The van der Waals surface area contributed by atoms with Crippen LogP contribution in [0.5, 0.6) is 5.75 Å². The second-order valence-corrected chi connectivity index (χ2v) is 5.94. The Kier molecular flexibility index (Phi) is 2.77. The van der Waals surface area contributed by atoms with Gasteiger partial charge in [-0.1, -0.05) is 24.3 Å². The molecule has 0 fully saturated rings. The number of furan rings is 1. The Morgan fingerprint density at radius 1 is 0.846 bits per heavy atom. The number of hydrogen-bond acceptors (Lipinski definition) is 6. The van der Waals surface area contributed by atoms with E-state index < -0.39 is 17.2 Å². The number of rotatable bonds is 1. The third-order valence-electron chi connectivity index (χ3n) is 4.60. The Balaban J connectivity index is 1.95. The Bertz CT molecular complexity index is 1320. The second-order valence-electron chi connectivity index (χ2n) is 5.94. The summed E-state index contributed by atoms with van der Waals surface area (Å²) in [6.07, 6.45) is 0. The molecule has 0 spiro atoms. The van der Waals surface area contributed by atoms with Crippen LogP contribution in [0.2, 0.25) is 0 Å². The largest absolute Gasteiger partial charge is 0.496 e. The predicted octanol–water partition coefficient (Wildman–Crippen LogP) is 3.32. The quantitative estimate of drug-likeness (QED) is 0.433. The van der Waals surface area contributed by atoms with Gasteiger partial charge in [-0.15, -0.1) is 0 Å². The molecule has 0 aliphatic heterocycles. The van der Waals surface area contributed by atoms with E-state index in [9.17, 15) is 14.4 Å². The first-order valence-electron chi connectivity index (χ1n) is 7.86. The molecule has 26 heavy (non-hydrogen) atoms. The molecule has 0 unspecified atom stereocenters. The lowest BCUT2D eigenvalue weighted by molar-refractivity contribution is 0.0959. The molecular formula is C20H10O6. The molecule has 6 heteroatoms. The molecule has 6 nitrogen and oxygen atoms in total. The van der Waals surface area contributed by atoms with E-state index in [1.807, 2.05) is 0 Å². The molecule has 0 saturated carbocycles. The summed E-state index contributed by atoms with van der Waals surface area (Å²) in [5, 5.41) is 0.513. The zero-order chi connectivity index (χ0) is 18.0. The molecule has 4 aromatic rings. The van der Waals surface area contributed by atoms with E-state index in [0.29, 0.717) is 11.0 Å². The zero-order valence-corrected chi connectivity index (χ0v) is 13.5. The maximum absolute atomic E-state index is 13.0. The summed E-state index contributed by atoms with van der Waals surface area (Å²) in [4.78, 5) is 38.5. The molecule has 1 aliphatic carbocycles. The SMILES string of the molecule is COc1cccc2c1C(=O)c1oc3c(c1C2=O)c(=O)oc1ccccc13. The summed E-state index contributed by atoms with van der Waals surface area (Å²) >= 11 is 0. The molecule has 126 valence electrons. The average molecular weight is 346 g/mol. The van der Waals surface area contributed by atoms with E-state index in [0.717, 1.165) is 0 Å². The zero-order valence-electron chi connectivity index (χ0n) is 13.5. The number of carbonyl (C=O) groups is 2. The maximum atomic E-state index is 13.0. The average Bonchev–Trinajstić information content (AvgIpc) is 3.07. The summed E-state index contributed by atoms with van der Waals surface area (Å²) in [5.74, 6) is -0.837. The van der Waals surface area contributed by atoms with Gasteiger partial charge in [0.15, 0.2) is 17.1 Å². The van der Waals surface area contributed by atoms with Crippen LogP contribution in [-0.2, 0) is 0 Å². The van der Waals surface area contributed by atoms with Crippen LogP contribution >= 0.6 is 0 Å². The minimum Gasteiger partial charge on any atom is -0.496 e. The Morgan fingerprint density at radius 3 is 2.46 bits per heavy atom. The van der Waals surface area contributed by atoms with E-state index in [-0.39, 0.29) is 39.2 Å². The number of benzene rings is 2. The van der Waals surface area contributed by atoms with Crippen molar-refractivity contribution in [3.05, 3.63) is 75.3 Å². The number of fused-ring (bicyclic) bond motifs is 6. The van der Waals surface area contributed by atoms with Gasteiger partial charge < -0.3 is 13.6 Å². The number of ether oxygens (including phenoxy) is 1. The second kappa shape index (κ2) is 4.92. The fourth-order valence-corrected chi connectivity index (χ4v) is 3.46. The highest BCUT2D eigenvalue weighted by Crippen LogP contribution is 2.38. The van der Waals surface area contributed by atoms with E-state index in [2.05, 4.69) is 0 Å². The van der Waals surface area contributed by atoms with E-state index >= 15 is 0 Å². The molecule has 0 bridgehead atoms. The Morgan fingerprint density at radius 2 is 1.65 bits per heavy atom. The van der Waals surface area contributed by atoms with Crippen molar-refractivity contribution in [2.24, 2.45) is 0 Å². The van der Waals surface area contributed by atoms with Crippen molar-refractivity contribution in [3.63, 3.8) is 0 Å². The van der Waals surface area contributed by atoms with Gasteiger partial charge >= 0.3 is 5.63 Å². The van der Waals surface area contributed by atoms with Gasteiger partial charge in [-0.05, 0) is 18.2 Å². The van der Waals surface area contributed by atoms with E-state index in [1.54, 1.807) is 36.4 Å². The molecule has 2 aromatic heterocycles. The number of carbonyl (C=O) groups excluding carboxylic acids is 2. The minimum absolute atomic E-state index is 0.00878. The molecular weight excluding hydrogens is 336 g/mol. The number of para-hydroxylation sites is 1. The third-order valence-corrected chi connectivity index (χ3v) is 4.60.